The predicted molar refractivity (Wildman–Crippen MR) is 47.4 cm³/mol. The van der Waals surface area contributed by atoms with E-state index in [0.29, 0.717) is 4.48 Å². The minimum Gasteiger partial charge on any atom is -0.477 e. The lowest BCUT2D eigenvalue weighted by molar-refractivity contribution is -0.131. The third-order valence-corrected chi connectivity index (χ3v) is 3.51. The fraction of sp³-hybridized carbons (Fsp3) is 0.500. The van der Waals surface area contributed by atoms with Gasteiger partial charge < -0.3 is 5.11 Å². The normalized spacial score (nSPS) is 13.3. The maximum absolute atomic E-state index is 10.3. The number of hydrogen-bond donors (Lipinski definition) is 1. The molecule has 0 heterocycles. The van der Waals surface area contributed by atoms with Crippen molar-refractivity contribution >= 4 is 37.8 Å². The van der Waals surface area contributed by atoms with Crippen LogP contribution in [-0.4, -0.2) is 11.1 Å². The Balaban J connectivity index is 4.50. The zero-order chi connectivity index (χ0) is 8.31. The number of carboxylic acids is 1. The topological polar surface area (TPSA) is 37.3 Å². The molecule has 0 saturated heterocycles. The van der Waals surface area contributed by atoms with Gasteiger partial charge in [-0.15, -0.1) is 0 Å². The molecule has 0 unspecified atom stereocenters. The Morgan fingerprint density at radius 1 is 1.40 bits per heavy atom. The molecular formula is C6H8Br2O2. The number of hydrogen-bond acceptors (Lipinski definition) is 1. The summed E-state index contributed by atoms with van der Waals surface area (Å²) in [4.78, 5) is 10.3. The van der Waals surface area contributed by atoms with Crippen LogP contribution in [0.5, 0.6) is 0 Å². The van der Waals surface area contributed by atoms with Crippen molar-refractivity contribution in [1.82, 2.24) is 0 Å². The lowest BCUT2D eigenvalue weighted by Gasteiger charge is -2.02. The van der Waals surface area contributed by atoms with Gasteiger partial charge in [0, 0.05) is 4.48 Å². The maximum atomic E-state index is 10.3. The summed E-state index contributed by atoms with van der Waals surface area (Å²) in [6.07, 6.45) is 0. The van der Waals surface area contributed by atoms with Crippen LogP contribution in [0, 0.1) is 5.92 Å². The van der Waals surface area contributed by atoms with Crippen LogP contribution in [0.15, 0.2) is 8.96 Å². The quantitative estimate of drug-likeness (QED) is 0.785. The number of aliphatic carboxylic acids is 1. The van der Waals surface area contributed by atoms with Crippen LogP contribution in [-0.2, 0) is 4.79 Å². The number of halogens is 2. The fourth-order valence-corrected chi connectivity index (χ4v) is 0.983. The molecular weight excluding hydrogens is 264 g/mol. The molecule has 0 amide bonds. The zero-order valence-corrected chi connectivity index (χ0v) is 8.86. The first kappa shape index (κ1) is 10.2. The average molecular weight is 272 g/mol. The number of rotatable bonds is 2. The molecule has 0 aromatic heterocycles. The molecule has 0 fully saturated rings. The van der Waals surface area contributed by atoms with E-state index in [4.69, 9.17) is 5.11 Å². The van der Waals surface area contributed by atoms with Gasteiger partial charge in [0.25, 0.3) is 0 Å². The molecule has 2 nitrogen and oxygen atoms in total. The van der Waals surface area contributed by atoms with Crippen molar-refractivity contribution in [2.24, 2.45) is 5.92 Å². The summed E-state index contributed by atoms with van der Waals surface area (Å²) >= 11 is 6.10. The van der Waals surface area contributed by atoms with Gasteiger partial charge in [0.1, 0.15) is 4.48 Å². The molecule has 0 aliphatic carbocycles. The van der Waals surface area contributed by atoms with Crippen LogP contribution in [0.4, 0.5) is 0 Å². The van der Waals surface area contributed by atoms with E-state index in [1.54, 1.807) is 0 Å². The van der Waals surface area contributed by atoms with E-state index in [2.05, 4.69) is 31.9 Å². The number of allylic oxidation sites excluding steroid dienone is 1. The van der Waals surface area contributed by atoms with Crippen LogP contribution < -0.4 is 0 Å². The van der Waals surface area contributed by atoms with Crippen LogP contribution >= 0.6 is 31.9 Å². The van der Waals surface area contributed by atoms with Crippen molar-refractivity contribution in [1.29, 1.82) is 0 Å². The highest BCUT2D eigenvalue weighted by atomic mass is 79.9. The van der Waals surface area contributed by atoms with Gasteiger partial charge in [0.05, 0.1) is 0 Å². The number of carbonyl (C=O) groups is 1. The Labute approximate surface area is 76.6 Å². The van der Waals surface area contributed by atoms with Gasteiger partial charge >= 0.3 is 5.97 Å². The molecule has 0 bridgehead atoms. The summed E-state index contributed by atoms with van der Waals surface area (Å²) in [5.74, 6) is -0.744. The second-order valence-electron chi connectivity index (χ2n) is 2.12. The molecule has 0 aliphatic rings. The molecule has 0 saturated carbocycles. The second kappa shape index (κ2) is 4.13. The van der Waals surface area contributed by atoms with Gasteiger partial charge in [-0.2, -0.15) is 0 Å². The third-order valence-electron chi connectivity index (χ3n) is 0.904. The average Bonchev–Trinajstić information content (AvgIpc) is 1.84. The molecule has 58 valence electrons. The van der Waals surface area contributed by atoms with E-state index in [-0.39, 0.29) is 10.4 Å². The maximum Gasteiger partial charge on any atom is 0.343 e. The van der Waals surface area contributed by atoms with Crippen LogP contribution in [0.25, 0.3) is 0 Å². The van der Waals surface area contributed by atoms with Gasteiger partial charge in [0.15, 0.2) is 0 Å². The highest BCUT2D eigenvalue weighted by Crippen LogP contribution is 2.25. The summed E-state index contributed by atoms with van der Waals surface area (Å²) in [5.41, 5.74) is 0. The Hall–Kier alpha value is 0.170. The van der Waals surface area contributed by atoms with Gasteiger partial charge in [0.2, 0.25) is 0 Å². The molecule has 0 rings (SSSR count). The predicted octanol–water partition coefficient (Wildman–Crippen LogP) is 2.73. The largest absolute Gasteiger partial charge is 0.477 e. The summed E-state index contributed by atoms with van der Waals surface area (Å²) in [7, 11) is 0. The molecule has 0 spiro atoms. The first-order valence-electron chi connectivity index (χ1n) is 2.75. The molecule has 0 atom stereocenters. The van der Waals surface area contributed by atoms with E-state index in [0.717, 1.165) is 0 Å². The summed E-state index contributed by atoms with van der Waals surface area (Å²) < 4.78 is 0.877. The molecule has 0 aromatic carbocycles. The molecule has 0 aliphatic heterocycles. The summed E-state index contributed by atoms with van der Waals surface area (Å²) in [6, 6.07) is 0. The minimum atomic E-state index is -0.944. The van der Waals surface area contributed by atoms with Gasteiger partial charge in [-0.25, -0.2) is 4.79 Å². The molecule has 0 radical (unpaired) electrons. The Kier molecular flexibility index (Phi) is 4.20. The van der Waals surface area contributed by atoms with Crippen molar-refractivity contribution in [3.8, 4) is 0 Å². The highest BCUT2D eigenvalue weighted by Gasteiger charge is 2.10. The summed E-state index contributed by atoms with van der Waals surface area (Å²) in [6.45, 7) is 3.82. The van der Waals surface area contributed by atoms with E-state index >= 15 is 0 Å². The Bertz CT molecular complexity index is 173. The Morgan fingerprint density at radius 2 is 1.80 bits per heavy atom. The molecule has 4 heteroatoms. The fourth-order valence-electron chi connectivity index (χ4n) is 0.356. The van der Waals surface area contributed by atoms with Crippen molar-refractivity contribution in [3.05, 3.63) is 8.96 Å². The molecule has 1 N–H and O–H groups in total. The first-order valence-corrected chi connectivity index (χ1v) is 4.34. The van der Waals surface area contributed by atoms with Crippen molar-refractivity contribution in [3.63, 3.8) is 0 Å². The monoisotopic (exact) mass is 270 g/mol. The van der Waals surface area contributed by atoms with Gasteiger partial charge in [-0.1, -0.05) is 29.8 Å². The lowest BCUT2D eigenvalue weighted by Crippen LogP contribution is -1.98. The molecule has 10 heavy (non-hydrogen) atoms. The van der Waals surface area contributed by atoms with Crippen molar-refractivity contribution < 1.29 is 9.90 Å². The SMILES string of the molecule is CC(C)/C(Br)=C(\Br)C(=O)O. The van der Waals surface area contributed by atoms with Crippen LogP contribution in [0.3, 0.4) is 0 Å². The van der Waals surface area contributed by atoms with Crippen molar-refractivity contribution in [2.75, 3.05) is 0 Å². The van der Waals surface area contributed by atoms with Gasteiger partial charge in [-0.3, -0.25) is 0 Å². The molecule has 0 aromatic rings. The first-order chi connectivity index (χ1) is 4.46. The summed E-state index contributed by atoms with van der Waals surface area (Å²) in [5, 5.41) is 8.47. The van der Waals surface area contributed by atoms with Gasteiger partial charge in [-0.05, 0) is 21.8 Å². The standard InChI is InChI=1S/C6H8Br2O2/c1-3(2)4(7)5(8)6(9)10/h3H,1-2H3,(H,9,10)/b5-4+. The number of carboxylic acid groups (broad SMARTS) is 1. The van der Waals surface area contributed by atoms with Crippen molar-refractivity contribution in [2.45, 2.75) is 13.8 Å². The van der Waals surface area contributed by atoms with Crippen LogP contribution in [0.2, 0.25) is 0 Å². The third kappa shape index (κ3) is 2.84. The highest BCUT2D eigenvalue weighted by molar-refractivity contribution is 9.14. The minimum absolute atomic E-state index is 0.197. The van der Waals surface area contributed by atoms with E-state index < -0.39 is 5.97 Å². The van der Waals surface area contributed by atoms with E-state index in [9.17, 15) is 4.79 Å². The second-order valence-corrected chi connectivity index (χ2v) is 3.77. The lowest BCUT2D eigenvalue weighted by atomic mass is 10.2. The van der Waals surface area contributed by atoms with E-state index in [1.165, 1.54) is 0 Å². The van der Waals surface area contributed by atoms with E-state index in [1.807, 2.05) is 13.8 Å². The Morgan fingerprint density at radius 3 is 1.90 bits per heavy atom. The zero-order valence-electron chi connectivity index (χ0n) is 5.69. The van der Waals surface area contributed by atoms with Crippen LogP contribution in [0.1, 0.15) is 13.8 Å². The smallest absolute Gasteiger partial charge is 0.343 e.